The second kappa shape index (κ2) is 9.01. The minimum atomic E-state index is -0.424. The van der Waals surface area contributed by atoms with Crippen molar-refractivity contribution in [3.05, 3.63) is 69.3 Å². The molecule has 0 radical (unpaired) electrons. The molecule has 4 aromatic rings. The van der Waals surface area contributed by atoms with E-state index >= 15 is 0 Å². The van der Waals surface area contributed by atoms with Crippen molar-refractivity contribution in [2.45, 2.75) is 40.0 Å². The van der Waals surface area contributed by atoms with Crippen LogP contribution in [0.25, 0.3) is 33.1 Å². The van der Waals surface area contributed by atoms with Crippen molar-refractivity contribution in [1.29, 1.82) is 0 Å². The van der Waals surface area contributed by atoms with Gasteiger partial charge in [-0.2, -0.15) is 0 Å². The van der Waals surface area contributed by atoms with Gasteiger partial charge in [-0.15, -0.1) is 0 Å². The molecule has 2 aromatic carbocycles. The molecule has 0 fully saturated rings. The summed E-state index contributed by atoms with van der Waals surface area (Å²) in [5.41, 5.74) is 5.02. The van der Waals surface area contributed by atoms with Crippen LogP contribution in [-0.2, 0) is 11.2 Å². The zero-order chi connectivity index (χ0) is 22.8. The summed E-state index contributed by atoms with van der Waals surface area (Å²) in [5, 5.41) is 13.4. The molecule has 0 spiro atoms. The van der Waals surface area contributed by atoms with Crippen molar-refractivity contribution in [3.8, 4) is 11.1 Å². The Balaban J connectivity index is 1.80. The third-order valence-electron chi connectivity index (χ3n) is 5.96. The van der Waals surface area contributed by atoms with E-state index < -0.39 is 5.63 Å². The summed E-state index contributed by atoms with van der Waals surface area (Å²) in [7, 11) is 0. The van der Waals surface area contributed by atoms with Gasteiger partial charge in [0.15, 0.2) is 0 Å². The SMILES string of the molecule is Cc1oc2c(C)c3oc(=O)c(CCC(=O)NCCCO)c(C)c3cc2c1-c1ccccc1. The molecule has 32 heavy (non-hydrogen) atoms. The van der Waals surface area contributed by atoms with Gasteiger partial charge in [0.2, 0.25) is 5.91 Å². The lowest BCUT2D eigenvalue weighted by molar-refractivity contribution is -0.121. The average molecular weight is 434 g/mol. The van der Waals surface area contributed by atoms with Gasteiger partial charge >= 0.3 is 5.63 Å². The number of hydrogen-bond donors (Lipinski definition) is 2. The van der Waals surface area contributed by atoms with E-state index in [1.807, 2.05) is 45.0 Å². The third kappa shape index (κ3) is 3.94. The summed E-state index contributed by atoms with van der Waals surface area (Å²) in [6.07, 6.45) is 0.984. The van der Waals surface area contributed by atoms with Crippen LogP contribution in [0.2, 0.25) is 0 Å². The van der Waals surface area contributed by atoms with Crippen LogP contribution in [0.1, 0.15) is 35.3 Å². The van der Waals surface area contributed by atoms with Crippen LogP contribution in [-0.4, -0.2) is 24.2 Å². The summed E-state index contributed by atoms with van der Waals surface area (Å²) in [5.74, 6) is 0.658. The molecule has 0 aliphatic rings. The second-order valence-corrected chi connectivity index (χ2v) is 8.07. The number of benzene rings is 2. The molecule has 0 saturated heterocycles. The summed E-state index contributed by atoms with van der Waals surface area (Å²) in [6.45, 7) is 6.19. The summed E-state index contributed by atoms with van der Waals surface area (Å²) in [4.78, 5) is 24.8. The standard InChI is InChI=1S/C26H27NO5/c1-15-19(10-11-22(29)27-12-7-13-28)26(30)32-24-16(2)25-21(14-20(15)24)23(17(3)31-25)18-8-5-4-6-9-18/h4-6,8-9,14,28H,7,10-13H2,1-3H3,(H,27,29). The van der Waals surface area contributed by atoms with Crippen LogP contribution in [0.15, 0.2) is 50.0 Å². The Morgan fingerprint density at radius 3 is 2.44 bits per heavy atom. The second-order valence-electron chi connectivity index (χ2n) is 8.07. The van der Waals surface area contributed by atoms with Gasteiger partial charge in [0.05, 0.1) is 0 Å². The highest BCUT2D eigenvalue weighted by Gasteiger charge is 2.21. The number of aliphatic hydroxyl groups excluding tert-OH is 1. The van der Waals surface area contributed by atoms with Gasteiger partial charge in [0.1, 0.15) is 16.9 Å². The van der Waals surface area contributed by atoms with Crippen molar-refractivity contribution in [3.63, 3.8) is 0 Å². The summed E-state index contributed by atoms with van der Waals surface area (Å²) in [6, 6.07) is 12.1. The molecule has 2 heterocycles. The number of hydrogen-bond acceptors (Lipinski definition) is 5. The topological polar surface area (TPSA) is 92.7 Å². The van der Waals surface area contributed by atoms with E-state index in [1.54, 1.807) is 0 Å². The fourth-order valence-corrected chi connectivity index (χ4v) is 4.26. The molecule has 0 saturated carbocycles. The first kappa shape index (κ1) is 21.8. The molecule has 2 aromatic heterocycles. The predicted octanol–water partition coefficient (Wildman–Crippen LogP) is 4.56. The number of nitrogens with one attached hydrogen (secondary N) is 1. The van der Waals surface area contributed by atoms with E-state index in [9.17, 15) is 9.59 Å². The Bertz CT molecular complexity index is 1350. The van der Waals surface area contributed by atoms with Crippen LogP contribution in [0.4, 0.5) is 0 Å². The first-order chi connectivity index (χ1) is 15.4. The van der Waals surface area contributed by atoms with Crippen LogP contribution in [0.5, 0.6) is 0 Å². The van der Waals surface area contributed by atoms with Crippen molar-refractivity contribution in [2.24, 2.45) is 0 Å². The maximum Gasteiger partial charge on any atom is 0.339 e. The van der Waals surface area contributed by atoms with Crippen LogP contribution >= 0.6 is 0 Å². The lowest BCUT2D eigenvalue weighted by atomic mass is 9.96. The fraction of sp³-hybridized carbons (Fsp3) is 0.308. The van der Waals surface area contributed by atoms with Crippen LogP contribution in [0, 0.1) is 20.8 Å². The van der Waals surface area contributed by atoms with Crippen molar-refractivity contribution in [2.75, 3.05) is 13.2 Å². The number of carbonyl (C=O) groups is 1. The van der Waals surface area contributed by atoms with E-state index in [2.05, 4.69) is 17.4 Å². The molecule has 6 heteroatoms. The van der Waals surface area contributed by atoms with Gasteiger partial charge in [-0.1, -0.05) is 30.3 Å². The molecule has 0 aliphatic carbocycles. The monoisotopic (exact) mass is 433 g/mol. The molecule has 0 bridgehead atoms. The van der Waals surface area contributed by atoms with Crippen molar-refractivity contribution in [1.82, 2.24) is 5.32 Å². The molecule has 0 atom stereocenters. The lowest BCUT2D eigenvalue weighted by Crippen LogP contribution is -2.26. The number of aryl methyl sites for hydroxylation is 3. The minimum Gasteiger partial charge on any atom is -0.460 e. The van der Waals surface area contributed by atoms with Gasteiger partial charge in [-0.3, -0.25) is 4.79 Å². The number of carbonyl (C=O) groups excluding carboxylic acids is 1. The summed E-state index contributed by atoms with van der Waals surface area (Å²) < 4.78 is 11.8. The average Bonchev–Trinajstić information content (AvgIpc) is 3.11. The molecular formula is C26H27NO5. The van der Waals surface area contributed by atoms with Gasteiger partial charge in [-0.05, 0) is 50.8 Å². The van der Waals surface area contributed by atoms with E-state index in [-0.39, 0.29) is 18.9 Å². The summed E-state index contributed by atoms with van der Waals surface area (Å²) >= 11 is 0. The highest BCUT2D eigenvalue weighted by molar-refractivity contribution is 6.05. The van der Waals surface area contributed by atoms with Gasteiger partial charge in [0.25, 0.3) is 0 Å². The van der Waals surface area contributed by atoms with Crippen molar-refractivity contribution < 1.29 is 18.7 Å². The Morgan fingerprint density at radius 2 is 1.72 bits per heavy atom. The maximum atomic E-state index is 12.7. The number of aliphatic hydroxyl groups is 1. The van der Waals surface area contributed by atoms with E-state index in [0.29, 0.717) is 36.1 Å². The third-order valence-corrected chi connectivity index (χ3v) is 5.96. The van der Waals surface area contributed by atoms with Crippen molar-refractivity contribution >= 4 is 27.8 Å². The highest BCUT2D eigenvalue weighted by Crippen LogP contribution is 2.39. The molecule has 2 N–H and O–H groups in total. The smallest absolute Gasteiger partial charge is 0.339 e. The number of amides is 1. The molecule has 0 unspecified atom stereocenters. The molecule has 1 amide bonds. The van der Waals surface area contributed by atoms with Gasteiger partial charge in [-0.25, -0.2) is 4.79 Å². The van der Waals surface area contributed by atoms with E-state index in [0.717, 1.165) is 38.8 Å². The van der Waals surface area contributed by atoms with E-state index in [4.69, 9.17) is 13.9 Å². The number of rotatable bonds is 7. The Labute approximate surface area is 185 Å². The van der Waals surface area contributed by atoms with Crippen LogP contribution < -0.4 is 10.9 Å². The zero-order valence-corrected chi connectivity index (χ0v) is 18.6. The van der Waals surface area contributed by atoms with Gasteiger partial charge in [0, 0.05) is 47.0 Å². The number of fused-ring (bicyclic) bond motifs is 2. The maximum absolute atomic E-state index is 12.7. The highest BCUT2D eigenvalue weighted by atomic mass is 16.4. The molecular weight excluding hydrogens is 406 g/mol. The normalized spacial score (nSPS) is 11.4. The first-order valence-corrected chi connectivity index (χ1v) is 10.8. The molecule has 4 rings (SSSR count). The molecule has 166 valence electrons. The zero-order valence-electron chi connectivity index (χ0n) is 18.6. The predicted molar refractivity (Wildman–Crippen MR) is 125 cm³/mol. The molecule has 6 nitrogen and oxygen atoms in total. The number of furan rings is 1. The Hall–Kier alpha value is -3.38. The largest absolute Gasteiger partial charge is 0.460 e. The van der Waals surface area contributed by atoms with Crippen LogP contribution in [0.3, 0.4) is 0 Å². The first-order valence-electron chi connectivity index (χ1n) is 10.8. The quantitative estimate of drug-likeness (QED) is 0.329. The Morgan fingerprint density at radius 1 is 1.00 bits per heavy atom. The van der Waals surface area contributed by atoms with Gasteiger partial charge < -0.3 is 19.3 Å². The van der Waals surface area contributed by atoms with E-state index in [1.165, 1.54) is 0 Å². The fourth-order valence-electron chi connectivity index (χ4n) is 4.26. The minimum absolute atomic E-state index is 0.0277. The molecule has 0 aliphatic heterocycles. The Kier molecular flexibility index (Phi) is 6.15. The lowest BCUT2D eigenvalue weighted by Gasteiger charge is -2.10.